The minimum Gasteiger partial charge on any atom is -0.265 e. The van der Waals surface area contributed by atoms with E-state index in [0.29, 0.717) is 6.04 Å². The van der Waals surface area contributed by atoms with Crippen LogP contribution in [0, 0.1) is 0 Å². The average Bonchev–Trinajstić information content (AvgIpc) is 2.95. The van der Waals surface area contributed by atoms with Gasteiger partial charge in [0.15, 0.2) is 0 Å². The Labute approximate surface area is 131 Å². The summed E-state index contributed by atoms with van der Waals surface area (Å²) in [5, 5.41) is 6.27. The summed E-state index contributed by atoms with van der Waals surface area (Å²) in [4.78, 5) is 0. The molecule has 0 saturated heterocycles. The molecule has 22 heavy (non-hydrogen) atoms. The van der Waals surface area contributed by atoms with Gasteiger partial charge in [-0.05, 0) is 24.5 Å². The summed E-state index contributed by atoms with van der Waals surface area (Å²) in [6, 6.07) is 19.9. The first-order valence-electron chi connectivity index (χ1n) is 8.42. The Kier molecular flexibility index (Phi) is 3.67. The number of fused-ring (bicyclic) bond motifs is 1. The fraction of sp³-hybridized carbons (Fsp3) is 0.350. The topological polar surface area (TPSA) is 17.8 Å². The molecule has 0 radical (unpaired) electrons. The van der Waals surface area contributed by atoms with Gasteiger partial charge in [0.2, 0.25) is 0 Å². The van der Waals surface area contributed by atoms with Crippen LogP contribution in [-0.4, -0.2) is 9.78 Å². The van der Waals surface area contributed by atoms with Crippen LogP contribution in [0.15, 0.2) is 54.6 Å². The Morgan fingerprint density at radius 2 is 1.59 bits per heavy atom. The molecule has 2 heteroatoms. The van der Waals surface area contributed by atoms with Crippen LogP contribution in [0.1, 0.15) is 49.4 Å². The summed E-state index contributed by atoms with van der Waals surface area (Å²) in [5.74, 6) is 0. The average molecular weight is 290 g/mol. The van der Waals surface area contributed by atoms with Crippen LogP contribution < -0.4 is 0 Å². The summed E-state index contributed by atoms with van der Waals surface area (Å²) in [6.07, 6.45) is 7.58. The molecule has 1 aliphatic carbocycles. The molecule has 0 bridgehead atoms. The number of hydrogen-bond donors (Lipinski definition) is 0. The van der Waals surface area contributed by atoms with Crippen LogP contribution in [0.25, 0.3) is 10.9 Å². The van der Waals surface area contributed by atoms with Crippen molar-refractivity contribution in [1.82, 2.24) is 9.78 Å². The molecule has 1 aromatic heterocycles. The maximum absolute atomic E-state index is 4.95. The van der Waals surface area contributed by atoms with Crippen LogP contribution in [0.5, 0.6) is 0 Å². The van der Waals surface area contributed by atoms with E-state index in [4.69, 9.17) is 5.10 Å². The third-order valence-corrected chi connectivity index (χ3v) is 4.84. The summed E-state index contributed by atoms with van der Waals surface area (Å²) in [6.45, 7) is 0. The monoisotopic (exact) mass is 290 g/mol. The number of benzene rings is 2. The lowest BCUT2D eigenvalue weighted by Crippen LogP contribution is -2.16. The molecule has 0 unspecified atom stereocenters. The Morgan fingerprint density at radius 1 is 0.864 bits per heavy atom. The van der Waals surface area contributed by atoms with Crippen LogP contribution in [0.4, 0.5) is 0 Å². The number of nitrogens with zero attached hydrogens (tertiary/aromatic N) is 2. The molecule has 2 aromatic carbocycles. The Balaban J connectivity index is 1.79. The first-order valence-corrected chi connectivity index (χ1v) is 8.42. The summed E-state index contributed by atoms with van der Waals surface area (Å²) in [5.41, 5.74) is 3.89. The third kappa shape index (κ3) is 2.54. The van der Waals surface area contributed by atoms with E-state index in [9.17, 15) is 0 Å². The van der Waals surface area contributed by atoms with Crippen molar-refractivity contribution in [2.24, 2.45) is 0 Å². The van der Waals surface area contributed by atoms with Gasteiger partial charge in [-0.1, -0.05) is 67.8 Å². The molecule has 0 aliphatic heterocycles. The SMILES string of the molecule is c1ccc(Cc2c3ccccc3nn2C2CCCCC2)cc1. The zero-order valence-electron chi connectivity index (χ0n) is 12.9. The van der Waals surface area contributed by atoms with Crippen molar-refractivity contribution < 1.29 is 0 Å². The lowest BCUT2D eigenvalue weighted by atomic mass is 9.95. The highest BCUT2D eigenvalue weighted by molar-refractivity contribution is 5.81. The highest BCUT2D eigenvalue weighted by Crippen LogP contribution is 2.32. The zero-order chi connectivity index (χ0) is 14.8. The van der Waals surface area contributed by atoms with E-state index in [-0.39, 0.29) is 0 Å². The maximum atomic E-state index is 4.95. The smallest absolute Gasteiger partial charge is 0.0926 e. The van der Waals surface area contributed by atoms with E-state index in [1.165, 1.54) is 48.7 Å². The predicted molar refractivity (Wildman–Crippen MR) is 91.1 cm³/mol. The van der Waals surface area contributed by atoms with Gasteiger partial charge in [0.1, 0.15) is 0 Å². The number of hydrogen-bond acceptors (Lipinski definition) is 1. The van der Waals surface area contributed by atoms with Crippen LogP contribution in [-0.2, 0) is 6.42 Å². The summed E-state index contributed by atoms with van der Waals surface area (Å²) >= 11 is 0. The van der Waals surface area contributed by atoms with E-state index >= 15 is 0 Å². The van der Waals surface area contributed by atoms with Crippen molar-refractivity contribution in [3.8, 4) is 0 Å². The van der Waals surface area contributed by atoms with Crippen molar-refractivity contribution in [2.75, 3.05) is 0 Å². The highest BCUT2D eigenvalue weighted by Gasteiger charge is 2.21. The third-order valence-electron chi connectivity index (χ3n) is 4.84. The summed E-state index contributed by atoms with van der Waals surface area (Å²) < 4.78 is 2.34. The molecule has 0 atom stereocenters. The minimum atomic E-state index is 0.583. The molecule has 4 rings (SSSR count). The van der Waals surface area contributed by atoms with Crippen molar-refractivity contribution in [1.29, 1.82) is 0 Å². The van der Waals surface area contributed by atoms with Crippen LogP contribution in [0.3, 0.4) is 0 Å². The molecule has 1 saturated carbocycles. The molecular weight excluding hydrogens is 268 g/mol. The molecule has 0 N–H and O–H groups in total. The van der Waals surface area contributed by atoms with Gasteiger partial charge < -0.3 is 0 Å². The highest BCUT2D eigenvalue weighted by atomic mass is 15.3. The number of aromatic nitrogens is 2. The second kappa shape index (κ2) is 5.96. The summed E-state index contributed by atoms with van der Waals surface area (Å²) in [7, 11) is 0. The van der Waals surface area contributed by atoms with Crippen LogP contribution >= 0.6 is 0 Å². The zero-order valence-corrected chi connectivity index (χ0v) is 12.9. The Bertz CT molecular complexity index is 752. The van der Waals surface area contributed by atoms with E-state index in [1.807, 2.05) is 0 Å². The van der Waals surface area contributed by atoms with Crippen molar-refractivity contribution >= 4 is 10.9 Å². The molecule has 0 spiro atoms. The lowest BCUT2D eigenvalue weighted by molar-refractivity contribution is 0.325. The molecular formula is C20H22N2. The predicted octanol–water partition coefficient (Wildman–Crippen LogP) is 5.13. The number of rotatable bonds is 3. The van der Waals surface area contributed by atoms with Gasteiger partial charge in [-0.3, -0.25) is 4.68 Å². The molecule has 3 aromatic rings. The lowest BCUT2D eigenvalue weighted by Gasteiger charge is -2.24. The van der Waals surface area contributed by atoms with E-state index in [2.05, 4.69) is 59.3 Å². The molecule has 1 fully saturated rings. The van der Waals surface area contributed by atoms with Gasteiger partial charge in [0, 0.05) is 11.8 Å². The normalized spacial score (nSPS) is 16.2. The standard InChI is InChI=1S/C20H22N2/c1-3-9-16(10-4-1)15-20-18-13-7-8-14-19(18)21-22(20)17-11-5-2-6-12-17/h1,3-4,7-10,13-14,17H,2,5-6,11-12,15H2. The van der Waals surface area contributed by atoms with Gasteiger partial charge in [0.05, 0.1) is 17.3 Å². The van der Waals surface area contributed by atoms with E-state index in [0.717, 1.165) is 11.9 Å². The maximum Gasteiger partial charge on any atom is 0.0926 e. The minimum absolute atomic E-state index is 0.583. The molecule has 112 valence electrons. The van der Waals surface area contributed by atoms with Gasteiger partial charge in [-0.2, -0.15) is 5.10 Å². The van der Waals surface area contributed by atoms with Crippen molar-refractivity contribution in [2.45, 2.75) is 44.6 Å². The van der Waals surface area contributed by atoms with Gasteiger partial charge in [0.25, 0.3) is 0 Å². The molecule has 2 nitrogen and oxygen atoms in total. The quantitative estimate of drug-likeness (QED) is 0.653. The first-order chi connectivity index (χ1) is 10.9. The van der Waals surface area contributed by atoms with Gasteiger partial charge in [-0.15, -0.1) is 0 Å². The largest absolute Gasteiger partial charge is 0.265 e. The van der Waals surface area contributed by atoms with Gasteiger partial charge >= 0.3 is 0 Å². The fourth-order valence-electron chi connectivity index (χ4n) is 3.70. The molecule has 1 heterocycles. The molecule has 0 amide bonds. The first kappa shape index (κ1) is 13.6. The van der Waals surface area contributed by atoms with E-state index < -0.39 is 0 Å². The van der Waals surface area contributed by atoms with Crippen molar-refractivity contribution in [3.05, 3.63) is 65.9 Å². The second-order valence-corrected chi connectivity index (χ2v) is 6.36. The van der Waals surface area contributed by atoms with Crippen LogP contribution in [0.2, 0.25) is 0 Å². The van der Waals surface area contributed by atoms with Gasteiger partial charge in [-0.25, -0.2) is 0 Å². The van der Waals surface area contributed by atoms with Crippen molar-refractivity contribution in [3.63, 3.8) is 0 Å². The Morgan fingerprint density at radius 3 is 2.41 bits per heavy atom. The Hall–Kier alpha value is -2.09. The second-order valence-electron chi connectivity index (χ2n) is 6.36. The molecule has 1 aliphatic rings. The fourth-order valence-corrected chi connectivity index (χ4v) is 3.70. The van der Waals surface area contributed by atoms with E-state index in [1.54, 1.807) is 0 Å².